The molecule has 0 radical (unpaired) electrons. The number of anilines is 2. The molecule has 2 amide bonds. The average Bonchev–Trinajstić information content (AvgIpc) is 3.47. The number of carbonyl (C=O) groups excluding carboxylic acids is 3. The fourth-order valence-electron chi connectivity index (χ4n) is 5.96. The number of amides is 2. The smallest absolute Gasteiger partial charge is 0.416 e. The summed E-state index contributed by atoms with van der Waals surface area (Å²) in [5, 5.41) is 26.1. The summed E-state index contributed by atoms with van der Waals surface area (Å²) >= 11 is 0. The van der Waals surface area contributed by atoms with E-state index in [1.54, 1.807) is 6.92 Å². The second-order valence-electron chi connectivity index (χ2n) is 11.7. The number of esters is 1. The van der Waals surface area contributed by atoms with Gasteiger partial charge in [0.1, 0.15) is 29.8 Å². The molecule has 2 N–H and O–H groups in total. The van der Waals surface area contributed by atoms with Crippen molar-refractivity contribution in [2.45, 2.75) is 38.0 Å². The van der Waals surface area contributed by atoms with Gasteiger partial charge in [-0.15, -0.1) is 0 Å². The number of nitrogens with one attached hydrogen (secondary N) is 1. The number of aliphatic hydroxyl groups is 1. The van der Waals surface area contributed by atoms with Gasteiger partial charge in [-0.05, 0) is 50.1 Å². The summed E-state index contributed by atoms with van der Waals surface area (Å²) in [6.45, 7) is 1.06. The Kier molecular flexibility index (Phi) is 9.33. The number of alkyl halides is 3. The summed E-state index contributed by atoms with van der Waals surface area (Å²) in [7, 11) is 2.62. The molecule has 49 heavy (non-hydrogen) atoms. The van der Waals surface area contributed by atoms with Crippen LogP contribution >= 0.6 is 0 Å². The summed E-state index contributed by atoms with van der Waals surface area (Å²) in [6, 6.07) is 8.93. The Balaban J connectivity index is 1.55. The van der Waals surface area contributed by atoms with Crippen LogP contribution in [-0.2, 0) is 31.8 Å². The molecule has 3 heterocycles. The molecule has 0 spiro atoms. The molecule has 0 aliphatic carbocycles. The molecule has 16 heteroatoms. The number of carbonyl (C=O) groups is 3. The zero-order valence-electron chi connectivity index (χ0n) is 26.4. The number of hydrogen-bond donors (Lipinski definition) is 2. The van der Waals surface area contributed by atoms with Crippen LogP contribution in [-0.4, -0.2) is 70.7 Å². The summed E-state index contributed by atoms with van der Waals surface area (Å²) in [6.07, 6.45) is -2.90. The quantitative estimate of drug-likeness (QED) is 0.189. The van der Waals surface area contributed by atoms with Crippen LogP contribution in [0, 0.1) is 23.0 Å². The van der Waals surface area contributed by atoms with Gasteiger partial charge in [-0.2, -0.15) is 18.4 Å². The molecule has 0 bridgehead atoms. The van der Waals surface area contributed by atoms with Crippen molar-refractivity contribution < 1.29 is 46.2 Å². The highest BCUT2D eigenvalue weighted by atomic mass is 19.4. The van der Waals surface area contributed by atoms with Crippen LogP contribution < -0.4 is 10.2 Å². The predicted octanol–water partition coefficient (Wildman–Crippen LogP) is 5.09. The maximum Gasteiger partial charge on any atom is 0.416 e. The molecule has 5 rings (SSSR count). The molecule has 11 nitrogen and oxygen atoms in total. The first-order valence-corrected chi connectivity index (χ1v) is 14.8. The number of halogens is 5. The molecule has 1 aromatic heterocycles. The van der Waals surface area contributed by atoms with Crippen LogP contribution in [0.25, 0.3) is 11.1 Å². The third-order valence-electron chi connectivity index (χ3n) is 8.52. The van der Waals surface area contributed by atoms with E-state index in [-0.39, 0.29) is 53.3 Å². The molecule has 1 unspecified atom stereocenters. The lowest BCUT2D eigenvalue weighted by atomic mass is 9.90. The van der Waals surface area contributed by atoms with Gasteiger partial charge in [0, 0.05) is 42.2 Å². The number of fused-ring (bicyclic) bond motifs is 1. The Hall–Kier alpha value is -5.56. The lowest BCUT2D eigenvalue weighted by molar-refractivity contribution is -0.160. The second kappa shape index (κ2) is 13.2. The first-order chi connectivity index (χ1) is 23.1. The molecule has 2 aliphatic rings. The van der Waals surface area contributed by atoms with E-state index in [0.717, 1.165) is 29.4 Å². The molecular formula is C33H29F5N6O5. The van der Waals surface area contributed by atoms with Gasteiger partial charge in [0.2, 0.25) is 0 Å². The van der Waals surface area contributed by atoms with Gasteiger partial charge in [-0.3, -0.25) is 19.4 Å². The van der Waals surface area contributed by atoms with Crippen LogP contribution in [0.2, 0.25) is 0 Å². The molecule has 256 valence electrons. The molecule has 1 saturated heterocycles. The first-order valence-electron chi connectivity index (χ1n) is 14.8. The highest BCUT2D eigenvalue weighted by Crippen LogP contribution is 2.43. The molecule has 2 aromatic carbocycles. The summed E-state index contributed by atoms with van der Waals surface area (Å²) < 4.78 is 74.8. The van der Waals surface area contributed by atoms with Crippen molar-refractivity contribution in [3.05, 3.63) is 88.3 Å². The van der Waals surface area contributed by atoms with Crippen molar-refractivity contribution in [3.63, 3.8) is 0 Å². The lowest BCUT2D eigenvalue weighted by Gasteiger charge is -2.46. The maximum absolute atomic E-state index is 14.7. The Labute approximate surface area is 276 Å². The van der Waals surface area contributed by atoms with E-state index < -0.39 is 64.6 Å². The van der Waals surface area contributed by atoms with Crippen molar-refractivity contribution in [2.24, 2.45) is 0 Å². The maximum atomic E-state index is 14.7. The third kappa shape index (κ3) is 6.49. The summed E-state index contributed by atoms with van der Waals surface area (Å²) in [5.41, 5.74) is -3.91. The van der Waals surface area contributed by atoms with Crippen molar-refractivity contribution in [1.29, 1.82) is 5.26 Å². The van der Waals surface area contributed by atoms with Gasteiger partial charge in [-0.1, -0.05) is 12.1 Å². The fraction of sp³-hybridized carbons (Fsp3) is 0.303. The number of hydrazine groups is 1. The number of aromatic nitrogens is 1. The average molecular weight is 685 g/mol. The normalized spacial score (nSPS) is 17.9. The van der Waals surface area contributed by atoms with Crippen LogP contribution in [0.1, 0.15) is 36.5 Å². The molecule has 0 saturated carbocycles. The molecule has 1 atom stereocenters. The molecular weight excluding hydrogens is 655 g/mol. The number of rotatable bonds is 8. The van der Waals surface area contributed by atoms with E-state index in [9.17, 15) is 46.7 Å². The second-order valence-corrected chi connectivity index (χ2v) is 11.7. The predicted molar refractivity (Wildman–Crippen MR) is 164 cm³/mol. The largest absolute Gasteiger partial charge is 0.509 e. The van der Waals surface area contributed by atoms with Crippen LogP contribution in [0.5, 0.6) is 0 Å². The van der Waals surface area contributed by atoms with Gasteiger partial charge >= 0.3 is 12.1 Å². The van der Waals surface area contributed by atoms with E-state index in [2.05, 4.69) is 15.0 Å². The summed E-state index contributed by atoms with van der Waals surface area (Å²) in [5.74, 6) is -5.76. The van der Waals surface area contributed by atoms with Gasteiger partial charge in [0.25, 0.3) is 11.8 Å². The number of aliphatic hydroxyl groups excluding tert-OH is 1. The highest BCUT2D eigenvalue weighted by molar-refractivity contribution is 6.24. The van der Waals surface area contributed by atoms with Crippen LogP contribution in [0.4, 0.5) is 33.5 Å². The minimum absolute atomic E-state index is 0.0290. The minimum atomic E-state index is -4.81. The number of ether oxygens (including phenoxy) is 1. The minimum Gasteiger partial charge on any atom is -0.509 e. The lowest BCUT2D eigenvalue weighted by Crippen LogP contribution is -2.60. The van der Waals surface area contributed by atoms with E-state index in [1.165, 1.54) is 42.3 Å². The Morgan fingerprint density at radius 2 is 1.94 bits per heavy atom. The fourth-order valence-corrected chi connectivity index (χ4v) is 5.96. The monoisotopic (exact) mass is 684 g/mol. The zero-order chi connectivity index (χ0) is 35.8. The number of benzene rings is 2. The number of likely N-dealkylation sites (N-methyl/N-ethyl adjacent to an activating group) is 1. The van der Waals surface area contributed by atoms with Crippen molar-refractivity contribution in [2.75, 3.05) is 37.5 Å². The molecule has 3 aromatic rings. The number of methoxy groups -OCH3 is 1. The first kappa shape index (κ1) is 34.8. The van der Waals surface area contributed by atoms with Crippen LogP contribution in [0.15, 0.2) is 60.0 Å². The van der Waals surface area contributed by atoms with E-state index in [1.807, 2.05) is 6.07 Å². The van der Waals surface area contributed by atoms with Crippen LogP contribution in [0.3, 0.4) is 0 Å². The zero-order valence-corrected chi connectivity index (χ0v) is 26.4. The Morgan fingerprint density at radius 1 is 1.20 bits per heavy atom. The molecule has 1 fully saturated rings. The van der Waals surface area contributed by atoms with Gasteiger partial charge in [0.15, 0.2) is 11.6 Å². The number of nitrogens with zero attached hydrogens (tertiary/aromatic N) is 5. The van der Waals surface area contributed by atoms with Gasteiger partial charge in [-0.25, -0.2) is 18.8 Å². The molecule has 2 aliphatic heterocycles. The van der Waals surface area contributed by atoms with Crippen molar-refractivity contribution in [3.8, 4) is 17.2 Å². The van der Waals surface area contributed by atoms with Gasteiger partial charge < -0.3 is 20.1 Å². The number of pyridine rings is 1. The SMILES string of the molecule is COC(=O)CN(C)c1ncc(-c2cc(C(F)(F)F)ccc2NC(=O)C2=C(O)C3(C)CCCN3N(Cc3cccc(F)c3F)C2=O)cc1C#N. The number of nitriles is 1. The highest BCUT2D eigenvalue weighted by Gasteiger charge is 2.52. The van der Waals surface area contributed by atoms with E-state index >= 15 is 0 Å². The van der Waals surface area contributed by atoms with Crippen molar-refractivity contribution >= 4 is 29.3 Å². The topological polar surface area (TPSA) is 139 Å². The Bertz CT molecular complexity index is 1930. The Morgan fingerprint density at radius 3 is 2.61 bits per heavy atom. The van der Waals surface area contributed by atoms with Gasteiger partial charge in [0.05, 0.1) is 30.3 Å². The van der Waals surface area contributed by atoms with E-state index in [0.29, 0.717) is 12.5 Å². The summed E-state index contributed by atoms with van der Waals surface area (Å²) in [4.78, 5) is 44.9. The van der Waals surface area contributed by atoms with Crippen molar-refractivity contribution in [1.82, 2.24) is 15.0 Å². The van der Waals surface area contributed by atoms with E-state index in [4.69, 9.17) is 0 Å². The number of hydrogen-bond acceptors (Lipinski definition) is 9. The standard InChI is InChI=1S/C33H29F5N6O5/c1-32-10-5-11-44(32)43(16-18-6-4-7-23(34)27(18)35)31(48)26(28(32)46)30(47)41-24-9-8-21(33(36,37)38)13-22(24)20-12-19(14-39)29(40-15-20)42(2)17-25(45)49-3/h4,6-9,12-13,15,46H,5,10-11,16-17H2,1-3H3,(H,41,47). The third-order valence-corrected chi connectivity index (χ3v) is 8.52.